The third-order valence-corrected chi connectivity index (χ3v) is 5.35. The summed E-state index contributed by atoms with van der Waals surface area (Å²) in [6.07, 6.45) is 2.86. The van der Waals surface area contributed by atoms with E-state index in [1.54, 1.807) is 24.4 Å². The second kappa shape index (κ2) is 6.63. The lowest BCUT2D eigenvalue weighted by molar-refractivity contribution is -0.119. The van der Waals surface area contributed by atoms with Gasteiger partial charge in [-0.15, -0.1) is 0 Å². The summed E-state index contributed by atoms with van der Waals surface area (Å²) in [4.78, 5) is 30.3. The smallest absolute Gasteiger partial charge is 0.163 e. The molecule has 0 saturated carbocycles. The SMILES string of the molecule is CC1(C)CC(=O)C(C(C2=C(O)CC(C)(C)CC2=O)c2ccccn2)=C(O)C1. The second-order valence-corrected chi connectivity index (χ2v) is 9.29. The molecule has 2 aliphatic carbocycles. The fourth-order valence-corrected chi connectivity index (χ4v) is 4.25. The van der Waals surface area contributed by atoms with Gasteiger partial charge >= 0.3 is 0 Å². The van der Waals surface area contributed by atoms with Gasteiger partial charge in [-0.2, -0.15) is 0 Å². The highest BCUT2D eigenvalue weighted by atomic mass is 16.3. The minimum absolute atomic E-state index is 0.00941. The van der Waals surface area contributed by atoms with Crippen molar-refractivity contribution in [3.05, 3.63) is 52.8 Å². The summed E-state index contributed by atoms with van der Waals surface area (Å²) in [7, 11) is 0. The van der Waals surface area contributed by atoms with E-state index in [9.17, 15) is 19.8 Å². The molecule has 2 N–H and O–H groups in total. The molecular formula is C22H27NO4. The lowest BCUT2D eigenvalue weighted by atomic mass is 9.67. The first-order valence-electron chi connectivity index (χ1n) is 9.32. The van der Waals surface area contributed by atoms with Crippen LogP contribution in [0.25, 0.3) is 0 Å². The molecule has 0 atom stereocenters. The summed E-state index contributed by atoms with van der Waals surface area (Å²) < 4.78 is 0. The Labute approximate surface area is 159 Å². The molecule has 27 heavy (non-hydrogen) atoms. The molecule has 5 heteroatoms. The van der Waals surface area contributed by atoms with Gasteiger partial charge in [-0.25, -0.2) is 0 Å². The molecular weight excluding hydrogens is 342 g/mol. The second-order valence-electron chi connectivity index (χ2n) is 9.29. The van der Waals surface area contributed by atoms with E-state index in [1.165, 1.54) is 0 Å². The third-order valence-electron chi connectivity index (χ3n) is 5.35. The molecule has 5 nitrogen and oxygen atoms in total. The van der Waals surface area contributed by atoms with Crippen LogP contribution in [0.15, 0.2) is 47.1 Å². The molecule has 1 aromatic rings. The van der Waals surface area contributed by atoms with Crippen molar-refractivity contribution in [2.24, 2.45) is 10.8 Å². The number of rotatable bonds is 3. The van der Waals surface area contributed by atoms with Crippen LogP contribution in [0.2, 0.25) is 0 Å². The summed E-state index contributed by atoms with van der Waals surface area (Å²) in [6, 6.07) is 5.25. The van der Waals surface area contributed by atoms with Crippen LogP contribution in [0.1, 0.15) is 65.0 Å². The predicted molar refractivity (Wildman–Crippen MR) is 102 cm³/mol. The standard InChI is InChI=1S/C22H27NO4/c1-21(2)9-14(24)19(15(25)10-21)18(13-7-5-6-8-23-13)20-16(26)11-22(3,4)12-17(20)27/h5-8,18,24,26H,9-12H2,1-4H3. The molecule has 0 fully saturated rings. The van der Waals surface area contributed by atoms with Crippen molar-refractivity contribution in [2.75, 3.05) is 0 Å². The number of carbonyl (C=O) groups is 2. The molecule has 144 valence electrons. The molecule has 0 amide bonds. The molecule has 1 heterocycles. The zero-order valence-corrected chi connectivity index (χ0v) is 16.4. The van der Waals surface area contributed by atoms with E-state index in [0.29, 0.717) is 18.5 Å². The maximum Gasteiger partial charge on any atom is 0.163 e. The monoisotopic (exact) mass is 369 g/mol. The summed E-state index contributed by atoms with van der Waals surface area (Å²) in [5, 5.41) is 21.5. The first kappa shape index (κ1) is 19.3. The van der Waals surface area contributed by atoms with E-state index in [2.05, 4.69) is 4.98 Å². The number of aliphatic hydroxyl groups excluding tert-OH is 2. The molecule has 0 saturated heterocycles. The highest BCUT2D eigenvalue weighted by Crippen LogP contribution is 2.47. The number of ketones is 2. The average molecular weight is 369 g/mol. The number of hydrogen-bond donors (Lipinski definition) is 2. The van der Waals surface area contributed by atoms with Crippen LogP contribution in [0.5, 0.6) is 0 Å². The molecule has 0 spiro atoms. The summed E-state index contributed by atoms with van der Waals surface area (Å²) >= 11 is 0. The van der Waals surface area contributed by atoms with Gasteiger partial charge < -0.3 is 10.2 Å². The van der Waals surface area contributed by atoms with Crippen LogP contribution >= 0.6 is 0 Å². The topological polar surface area (TPSA) is 87.5 Å². The Morgan fingerprint density at radius 1 is 0.852 bits per heavy atom. The molecule has 0 aliphatic heterocycles. The number of aromatic nitrogens is 1. The molecule has 0 unspecified atom stereocenters. The van der Waals surface area contributed by atoms with E-state index < -0.39 is 5.92 Å². The molecule has 1 aromatic heterocycles. The highest BCUT2D eigenvalue weighted by molar-refractivity contribution is 6.05. The van der Waals surface area contributed by atoms with Crippen LogP contribution in [-0.4, -0.2) is 26.8 Å². The van der Waals surface area contributed by atoms with Crippen molar-refractivity contribution >= 4 is 11.6 Å². The van der Waals surface area contributed by atoms with Crippen LogP contribution < -0.4 is 0 Å². The van der Waals surface area contributed by atoms with E-state index in [-0.39, 0.29) is 57.9 Å². The number of aliphatic hydroxyl groups is 2. The van der Waals surface area contributed by atoms with Crippen LogP contribution in [0.3, 0.4) is 0 Å². The zero-order valence-electron chi connectivity index (χ0n) is 16.4. The quantitative estimate of drug-likeness (QED) is 0.815. The lowest BCUT2D eigenvalue weighted by Gasteiger charge is -2.36. The van der Waals surface area contributed by atoms with E-state index >= 15 is 0 Å². The van der Waals surface area contributed by atoms with Gasteiger partial charge in [0.05, 0.1) is 11.6 Å². The van der Waals surface area contributed by atoms with Crippen molar-refractivity contribution in [3.8, 4) is 0 Å². The lowest BCUT2D eigenvalue weighted by Crippen LogP contribution is -2.33. The van der Waals surface area contributed by atoms with Crippen molar-refractivity contribution in [1.82, 2.24) is 4.98 Å². The molecule has 0 radical (unpaired) electrons. The van der Waals surface area contributed by atoms with Crippen molar-refractivity contribution in [3.63, 3.8) is 0 Å². The van der Waals surface area contributed by atoms with Gasteiger partial charge in [0.1, 0.15) is 11.5 Å². The van der Waals surface area contributed by atoms with Crippen molar-refractivity contribution < 1.29 is 19.8 Å². The average Bonchev–Trinajstić information content (AvgIpc) is 2.50. The zero-order chi connectivity index (χ0) is 20.0. The molecule has 2 aliphatic rings. The molecule has 0 aromatic carbocycles. The highest BCUT2D eigenvalue weighted by Gasteiger charge is 2.44. The summed E-state index contributed by atoms with van der Waals surface area (Å²) in [5.41, 5.74) is 0.204. The Hall–Kier alpha value is -2.43. The minimum Gasteiger partial charge on any atom is -0.512 e. The predicted octanol–water partition coefficient (Wildman–Crippen LogP) is 4.57. The van der Waals surface area contributed by atoms with Gasteiger partial charge in [0.2, 0.25) is 0 Å². The fourth-order valence-electron chi connectivity index (χ4n) is 4.25. The van der Waals surface area contributed by atoms with Gasteiger partial charge in [-0.3, -0.25) is 14.6 Å². The van der Waals surface area contributed by atoms with E-state index in [1.807, 2.05) is 27.7 Å². The van der Waals surface area contributed by atoms with Crippen molar-refractivity contribution in [1.29, 1.82) is 0 Å². The summed E-state index contributed by atoms with van der Waals surface area (Å²) in [5.74, 6) is -1.25. The van der Waals surface area contributed by atoms with Gasteiger partial charge in [-0.05, 0) is 23.0 Å². The number of allylic oxidation sites excluding steroid dienone is 4. The first-order chi connectivity index (χ1) is 12.5. The normalized spacial score (nSPS) is 22.6. The van der Waals surface area contributed by atoms with E-state index in [4.69, 9.17) is 0 Å². The Kier molecular flexibility index (Phi) is 4.74. The Morgan fingerprint density at radius 3 is 1.70 bits per heavy atom. The molecule has 3 rings (SSSR count). The van der Waals surface area contributed by atoms with Crippen LogP contribution in [0, 0.1) is 10.8 Å². The minimum atomic E-state index is -0.835. The maximum absolute atomic E-state index is 13.0. The third kappa shape index (κ3) is 3.82. The summed E-state index contributed by atoms with van der Waals surface area (Å²) in [6.45, 7) is 7.72. The molecule has 0 bridgehead atoms. The van der Waals surface area contributed by atoms with Crippen molar-refractivity contribution in [2.45, 2.75) is 59.3 Å². The number of hydrogen-bond acceptors (Lipinski definition) is 5. The van der Waals surface area contributed by atoms with E-state index in [0.717, 1.165) is 0 Å². The number of pyridine rings is 1. The van der Waals surface area contributed by atoms with Gasteiger partial charge in [0, 0.05) is 43.0 Å². The van der Waals surface area contributed by atoms with Gasteiger partial charge in [0.15, 0.2) is 11.6 Å². The maximum atomic E-state index is 13.0. The Morgan fingerprint density at radius 2 is 1.33 bits per heavy atom. The first-order valence-corrected chi connectivity index (χ1v) is 9.32. The number of Topliss-reactive ketones (excluding diaryl/α,β-unsaturated/α-hetero) is 2. The number of nitrogens with zero attached hydrogens (tertiary/aromatic N) is 1. The Balaban J connectivity index is 2.20. The van der Waals surface area contributed by atoms with Crippen LogP contribution in [0.4, 0.5) is 0 Å². The number of carbonyl (C=O) groups excluding carboxylic acids is 2. The van der Waals surface area contributed by atoms with Gasteiger partial charge in [0.25, 0.3) is 0 Å². The van der Waals surface area contributed by atoms with Gasteiger partial charge in [-0.1, -0.05) is 33.8 Å². The largest absolute Gasteiger partial charge is 0.512 e. The van der Waals surface area contributed by atoms with Crippen LogP contribution in [-0.2, 0) is 9.59 Å². The Bertz CT molecular complexity index is 794. The fraction of sp³-hybridized carbons (Fsp3) is 0.500.